The summed E-state index contributed by atoms with van der Waals surface area (Å²) in [6.45, 7) is 10.9. The van der Waals surface area contributed by atoms with Gasteiger partial charge in [-0.25, -0.2) is 4.98 Å². The van der Waals surface area contributed by atoms with E-state index >= 15 is 0 Å². The van der Waals surface area contributed by atoms with E-state index in [1.807, 2.05) is 11.3 Å². The fourth-order valence-corrected chi connectivity index (χ4v) is 3.42. The summed E-state index contributed by atoms with van der Waals surface area (Å²) in [4.78, 5) is 8.60. The molecule has 0 spiro atoms. The molecule has 1 aliphatic heterocycles. The van der Waals surface area contributed by atoms with Crippen molar-refractivity contribution in [2.45, 2.75) is 59.0 Å². The van der Waals surface area contributed by atoms with Crippen molar-refractivity contribution in [3.8, 4) is 0 Å². The van der Waals surface area contributed by atoms with Crippen molar-refractivity contribution in [1.29, 1.82) is 0 Å². The van der Waals surface area contributed by atoms with Crippen molar-refractivity contribution < 1.29 is 0 Å². The maximum atomic E-state index is 4.73. The van der Waals surface area contributed by atoms with Crippen molar-refractivity contribution in [1.82, 2.24) is 10.3 Å². The summed E-state index contributed by atoms with van der Waals surface area (Å²) in [6, 6.07) is 1.18. The molecule has 1 aliphatic rings. The Labute approximate surface area is 115 Å². The second kappa shape index (κ2) is 6.02. The first kappa shape index (κ1) is 13.8. The van der Waals surface area contributed by atoms with Crippen molar-refractivity contribution in [3.63, 3.8) is 0 Å². The van der Waals surface area contributed by atoms with Crippen molar-refractivity contribution >= 4 is 16.5 Å². The van der Waals surface area contributed by atoms with Gasteiger partial charge in [-0.1, -0.05) is 13.8 Å². The minimum atomic E-state index is 0.563. The Hall–Kier alpha value is -0.610. The highest BCUT2D eigenvalue weighted by atomic mass is 32.1. The third-order valence-corrected chi connectivity index (χ3v) is 4.76. The van der Waals surface area contributed by atoms with Crippen LogP contribution in [0.25, 0.3) is 0 Å². The van der Waals surface area contributed by atoms with E-state index in [0.717, 1.165) is 13.1 Å². The lowest BCUT2D eigenvalue weighted by Gasteiger charge is -2.36. The van der Waals surface area contributed by atoms with E-state index in [2.05, 4.69) is 37.9 Å². The predicted molar refractivity (Wildman–Crippen MR) is 79.7 cm³/mol. The maximum Gasteiger partial charge on any atom is 0.186 e. The number of nitrogens with zero attached hydrogens (tertiary/aromatic N) is 2. The van der Waals surface area contributed by atoms with Gasteiger partial charge in [0, 0.05) is 30.1 Å². The largest absolute Gasteiger partial charge is 0.344 e. The number of hydrogen-bond acceptors (Lipinski definition) is 4. The van der Waals surface area contributed by atoms with E-state index in [0.29, 0.717) is 12.1 Å². The molecule has 3 nitrogen and oxygen atoms in total. The highest BCUT2D eigenvalue weighted by molar-refractivity contribution is 7.15. The van der Waals surface area contributed by atoms with Crippen LogP contribution in [-0.2, 0) is 0 Å². The molecule has 1 atom stereocenters. The molecule has 1 saturated heterocycles. The van der Waals surface area contributed by atoms with Gasteiger partial charge in [0.2, 0.25) is 0 Å². The Balaban J connectivity index is 2.07. The highest BCUT2D eigenvalue weighted by Gasteiger charge is 2.25. The van der Waals surface area contributed by atoms with Gasteiger partial charge in [-0.3, -0.25) is 0 Å². The van der Waals surface area contributed by atoms with Gasteiger partial charge in [0.1, 0.15) is 0 Å². The molecule has 1 aromatic rings. The molecule has 18 heavy (non-hydrogen) atoms. The van der Waals surface area contributed by atoms with Crippen LogP contribution >= 0.6 is 11.3 Å². The Kier molecular flexibility index (Phi) is 4.62. The molecule has 0 aromatic carbocycles. The predicted octanol–water partition coefficient (Wildman–Crippen LogP) is 3.12. The summed E-state index contributed by atoms with van der Waals surface area (Å²) in [7, 11) is 0. The van der Waals surface area contributed by atoms with Crippen LogP contribution in [-0.4, -0.2) is 30.2 Å². The van der Waals surface area contributed by atoms with Crippen molar-refractivity contribution in [2.75, 3.05) is 18.0 Å². The van der Waals surface area contributed by atoms with Gasteiger partial charge in [-0.2, -0.15) is 0 Å². The number of thiazole rings is 1. The summed E-state index contributed by atoms with van der Waals surface area (Å²) in [6.07, 6.45) is 3.94. The number of nitrogens with one attached hydrogen (secondary N) is 1. The summed E-state index contributed by atoms with van der Waals surface area (Å²) in [5, 5.41) is 4.79. The van der Waals surface area contributed by atoms with Gasteiger partial charge < -0.3 is 10.2 Å². The van der Waals surface area contributed by atoms with Crippen LogP contribution < -0.4 is 10.2 Å². The molecule has 0 amide bonds. The van der Waals surface area contributed by atoms with Gasteiger partial charge >= 0.3 is 0 Å². The van der Waals surface area contributed by atoms with Crippen LogP contribution in [0.1, 0.15) is 43.7 Å². The van der Waals surface area contributed by atoms with E-state index in [1.165, 1.54) is 35.0 Å². The van der Waals surface area contributed by atoms with Crippen LogP contribution in [0, 0.1) is 13.8 Å². The second-order valence-electron chi connectivity index (χ2n) is 5.54. The molecular formula is C14H25N3S. The number of aryl methyl sites for hydroxylation is 2. The molecule has 0 aliphatic carbocycles. The van der Waals surface area contributed by atoms with Gasteiger partial charge in [0.15, 0.2) is 5.13 Å². The summed E-state index contributed by atoms with van der Waals surface area (Å²) >= 11 is 1.85. The summed E-state index contributed by atoms with van der Waals surface area (Å²) in [5.41, 5.74) is 1.19. The molecule has 4 heteroatoms. The first-order chi connectivity index (χ1) is 8.58. The van der Waals surface area contributed by atoms with Gasteiger partial charge in [0.05, 0.1) is 5.69 Å². The van der Waals surface area contributed by atoms with E-state index in [9.17, 15) is 0 Å². The molecule has 0 bridgehead atoms. The fraction of sp³-hybridized carbons (Fsp3) is 0.786. The average Bonchev–Trinajstić information content (AvgIpc) is 2.67. The molecule has 102 valence electrons. The highest BCUT2D eigenvalue weighted by Crippen LogP contribution is 2.30. The number of aromatic nitrogens is 1. The molecule has 1 fully saturated rings. The minimum Gasteiger partial charge on any atom is -0.344 e. The zero-order chi connectivity index (χ0) is 13.1. The third-order valence-electron chi connectivity index (χ3n) is 3.65. The first-order valence-electron chi connectivity index (χ1n) is 7.02. The van der Waals surface area contributed by atoms with Gasteiger partial charge in [-0.15, -0.1) is 11.3 Å². The van der Waals surface area contributed by atoms with Gasteiger partial charge in [0.25, 0.3) is 0 Å². The van der Waals surface area contributed by atoms with E-state index in [-0.39, 0.29) is 0 Å². The lowest BCUT2D eigenvalue weighted by Crippen LogP contribution is -2.46. The third kappa shape index (κ3) is 3.23. The average molecular weight is 267 g/mol. The second-order valence-corrected chi connectivity index (χ2v) is 6.73. The lowest BCUT2D eigenvalue weighted by molar-refractivity contribution is 0.421. The van der Waals surface area contributed by atoms with E-state index < -0.39 is 0 Å². The topological polar surface area (TPSA) is 28.2 Å². The smallest absolute Gasteiger partial charge is 0.186 e. The standard InChI is InChI=1S/C14H25N3S/c1-10(2)15-9-13-7-5-6-8-17(13)14-16-11(3)12(4)18-14/h10,13,15H,5-9H2,1-4H3. The summed E-state index contributed by atoms with van der Waals surface area (Å²) < 4.78 is 0. The van der Waals surface area contributed by atoms with Crippen molar-refractivity contribution in [3.05, 3.63) is 10.6 Å². The monoisotopic (exact) mass is 267 g/mol. The van der Waals surface area contributed by atoms with Crippen LogP contribution in [0.2, 0.25) is 0 Å². The molecule has 1 unspecified atom stereocenters. The number of rotatable bonds is 4. The molecule has 2 heterocycles. The Morgan fingerprint density at radius 1 is 1.39 bits per heavy atom. The van der Waals surface area contributed by atoms with E-state index in [1.54, 1.807) is 0 Å². The van der Waals surface area contributed by atoms with Crippen LogP contribution in [0.15, 0.2) is 0 Å². The quantitative estimate of drug-likeness (QED) is 0.908. The lowest BCUT2D eigenvalue weighted by atomic mass is 10.0. The summed E-state index contributed by atoms with van der Waals surface area (Å²) in [5.74, 6) is 0. The number of hydrogen-bond donors (Lipinski definition) is 1. The molecular weight excluding hydrogens is 242 g/mol. The molecule has 1 N–H and O–H groups in total. The zero-order valence-electron chi connectivity index (χ0n) is 12.0. The Morgan fingerprint density at radius 3 is 2.78 bits per heavy atom. The number of piperidine rings is 1. The normalized spacial score (nSPS) is 20.7. The Morgan fingerprint density at radius 2 is 2.17 bits per heavy atom. The van der Waals surface area contributed by atoms with Crippen LogP contribution in [0.4, 0.5) is 5.13 Å². The molecule has 0 radical (unpaired) electrons. The van der Waals surface area contributed by atoms with E-state index in [4.69, 9.17) is 4.98 Å². The van der Waals surface area contributed by atoms with Gasteiger partial charge in [-0.05, 0) is 33.1 Å². The van der Waals surface area contributed by atoms with Crippen LogP contribution in [0.3, 0.4) is 0 Å². The van der Waals surface area contributed by atoms with Crippen LogP contribution in [0.5, 0.6) is 0 Å². The Bertz CT molecular complexity index is 367. The molecule has 2 rings (SSSR count). The zero-order valence-corrected chi connectivity index (χ0v) is 12.8. The fourth-order valence-electron chi connectivity index (χ4n) is 2.41. The number of anilines is 1. The first-order valence-corrected chi connectivity index (χ1v) is 7.83. The van der Waals surface area contributed by atoms with Crippen molar-refractivity contribution in [2.24, 2.45) is 0 Å². The molecule has 0 saturated carbocycles. The minimum absolute atomic E-state index is 0.563. The SMILES string of the molecule is Cc1nc(N2CCCCC2CNC(C)C)sc1C. The maximum absolute atomic E-state index is 4.73. The molecule has 1 aromatic heterocycles.